The third-order valence-electron chi connectivity index (χ3n) is 8.11. The molecule has 0 radical (unpaired) electrons. The maximum atomic E-state index is 13.1. The molecule has 0 aliphatic heterocycles. The topological polar surface area (TPSA) is 34.1 Å². The van der Waals surface area contributed by atoms with Crippen LogP contribution < -0.4 is 0 Å². The van der Waals surface area contributed by atoms with Crippen molar-refractivity contribution in [2.45, 2.75) is 71.6 Å². The van der Waals surface area contributed by atoms with Crippen molar-refractivity contribution in [2.75, 3.05) is 0 Å². The van der Waals surface area contributed by atoms with E-state index >= 15 is 0 Å². The number of hydrogen-bond acceptors (Lipinski definition) is 2. The van der Waals surface area contributed by atoms with Crippen LogP contribution in [0.4, 0.5) is 0 Å². The van der Waals surface area contributed by atoms with Crippen molar-refractivity contribution in [2.24, 2.45) is 40.9 Å². The highest BCUT2D eigenvalue weighted by atomic mass is 16.1. The van der Waals surface area contributed by atoms with Gasteiger partial charge in [-0.15, -0.1) is 0 Å². The molecular weight excluding hydrogens is 272 g/mol. The van der Waals surface area contributed by atoms with Crippen LogP contribution in [0.2, 0.25) is 0 Å². The van der Waals surface area contributed by atoms with Crippen molar-refractivity contribution in [3.63, 3.8) is 0 Å². The van der Waals surface area contributed by atoms with Crippen LogP contribution in [-0.4, -0.2) is 11.6 Å². The quantitative estimate of drug-likeness (QED) is 0.719. The first kappa shape index (κ1) is 14.9. The Balaban J connectivity index is 1.66. The lowest BCUT2D eigenvalue weighted by Crippen LogP contribution is -2.53. The lowest BCUT2D eigenvalue weighted by Gasteiger charge is -2.54. The fourth-order valence-corrected chi connectivity index (χ4v) is 7.28. The normalized spacial score (nSPS) is 50.9. The molecule has 0 spiro atoms. The van der Waals surface area contributed by atoms with Crippen LogP contribution in [-0.2, 0) is 9.59 Å². The van der Waals surface area contributed by atoms with E-state index in [2.05, 4.69) is 6.92 Å². The number of carbonyl (C=O) groups is 2. The molecule has 4 rings (SSSR count). The Kier molecular flexibility index (Phi) is 3.51. The first-order valence-corrected chi connectivity index (χ1v) is 9.55. The maximum Gasteiger partial charge on any atom is 0.137 e. The predicted molar refractivity (Wildman–Crippen MR) is 86.3 cm³/mol. The van der Waals surface area contributed by atoms with Gasteiger partial charge in [0.25, 0.3) is 0 Å². The van der Waals surface area contributed by atoms with Gasteiger partial charge in [0.15, 0.2) is 0 Å². The van der Waals surface area contributed by atoms with Crippen LogP contribution in [0.1, 0.15) is 71.6 Å². The molecule has 0 aromatic carbocycles. The molecule has 0 heterocycles. The third-order valence-corrected chi connectivity index (χ3v) is 8.11. The van der Waals surface area contributed by atoms with Crippen molar-refractivity contribution >= 4 is 11.6 Å². The maximum absolute atomic E-state index is 13.1. The Labute approximate surface area is 134 Å². The highest BCUT2D eigenvalue weighted by molar-refractivity contribution is 5.86. The van der Waals surface area contributed by atoms with E-state index in [1.807, 2.05) is 0 Å². The molecule has 4 aliphatic rings. The molecule has 0 aromatic heterocycles. The summed E-state index contributed by atoms with van der Waals surface area (Å²) in [4.78, 5) is 25.2. The second-order valence-corrected chi connectivity index (χ2v) is 8.97. The van der Waals surface area contributed by atoms with Gasteiger partial charge in [-0.2, -0.15) is 0 Å². The molecule has 0 aromatic rings. The van der Waals surface area contributed by atoms with E-state index in [1.54, 1.807) is 6.92 Å². The molecule has 0 amide bonds. The molecule has 0 saturated heterocycles. The predicted octanol–water partition coefficient (Wildman–Crippen LogP) is 4.41. The molecule has 2 nitrogen and oxygen atoms in total. The largest absolute Gasteiger partial charge is 0.300 e. The van der Waals surface area contributed by atoms with E-state index in [1.165, 1.54) is 44.9 Å². The summed E-state index contributed by atoms with van der Waals surface area (Å²) in [5.41, 5.74) is -0.0222. The minimum Gasteiger partial charge on any atom is -0.300 e. The standard InChI is InChI=1S/C20H30O2/c1-12(21)16-9-10-17-15-8-7-13-5-3-4-6-14(13)19(15)18(22)11-20(16,17)2/h13-17,19H,3-11H2,1-2H3/t13?,14-,15-,16+,17-,19+,20+/m0/s1. The van der Waals surface area contributed by atoms with Crippen molar-refractivity contribution < 1.29 is 9.59 Å². The Morgan fingerprint density at radius 1 is 1.00 bits per heavy atom. The minimum absolute atomic E-state index is 0.0222. The average molecular weight is 302 g/mol. The summed E-state index contributed by atoms with van der Waals surface area (Å²) in [6.45, 7) is 4.00. The molecule has 122 valence electrons. The Bertz CT molecular complexity index is 496. The van der Waals surface area contributed by atoms with Crippen LogP contribution in [0.15, 0.2) is 0 Å². The van der Waals surface area contributed by atoms with E-state index in [-0.39, 0.29) is 11.3 Å². The van der Waals surface area contributed by atoms with Crippen molar-refractivity contribution in [1.82, 2.24) is 0 Å². The van der Waals surface area contributed by atoms with Gasteiger partial charge in [0.1, 0.15) is 11.6 Å². The molecule has 4 aliphatic carbocycles. The SMILES string of the molecule is CC(=O)[C@H]1CC[C@H]2[C@@H]3CCC4CCCC[C@@H]4[C@H]3C(=O)C[C@]12C. The zero-order chi connectivity index (χ0) is 15.5. The molecule has 0 N–H and O–H groups in total. The van der Waals surface area contributed by atoms with Crippen molar-refractivity contribution in [3.05, 3.63) is 0 Å². The van der Waals surface area contributed by atoms with Gasteiger partial charge in [0.2, 0.25) is 0 Å². The lowest BCUT2D eigenvalue weighted by atomic mass is 9.49. The summed E-state index contributed by atoms with van der Waals surface area (Å²) in [6, 6.07) is 0. The number of fused-ring (bicyclic) bond motifs is 5. The van der Waals surface area contributed by atoms with Gasteiger partial charge in [0.05, 0.1) is 0 Å². The summed E-state index contributed by atoms with van der Waals surface area (Å²) in [6.07, 6.45) is 10.9. The molecule has 4 fully saturated rings. The van der Waals surface area contributed by atoms with E-state index in [9.17, 15) is 9.59 Å². The Morgan fingerprint density at radius 3 is 2.55 bits per heavy atom. The second kappa shape index (κ2) is 5.18. The van der Waals surface area contributed by atoms with Gasteiger partial charge >= 0.3 is 0 Å². The Morgan fingerprint density at radius 2 is 1.77 bits per heavy atom. The summed E-state index contributed by atoms with van der Waals surface area (Å²) in [7, 11) is 0. The van der Waals surface area contributed by atoms with Gasteiger partial charge in [0, 0.05) is 18.3 Å². The number of Topliss-reactive ketones (excluding diaryl/α,β-unsaturated/α-hetero) is 2. The van der Waals surface area contributed by atoms with Gasteiger partial charge in [-0.05, 0) is 68.1 Å². The van der Waals surface area contributed by atoms with Crippen LogP contribution in [0.25, 0.3) is 0 Å². The van der Waals surface area contributed by atoms with Crippen LogP contribution >= 0.6 is 0 Å². The highest BCUT2D eigenvalue weighted by Crippen LogP contribution is 2.63. The van der Waals surface area contributed by atoms with Crippen molar-refractivity contribution in [1.29, 1.82) is 0 Å². The molecule has 0 bridgehead atoms. The third kappa shape index (κ3) is 1.98. The Hall–Kier alpha value is -0.660. The van der Waals surface area contributed by atoms with Crippen LogP contribution in [0.5, 0.6) is 0 Å². The number of ketones is 2. The fraction of sp³-hybridized carbons (Fsp3) is 0.900. The zero-order valence-corrected chi connectivity index (χ0v) is 14.1. The number of carbonyl (C=O) groups excluding carboxylic acids is 2. The molecule has 7 atom stereocenters. The van der Waals surface area contributed by atoms with E-state index in [4.69, 9.17) is 0 Å². The monoisotopic (exact) mass is 302 g/mol. The van der Waals surface area contributed by atoms with Crippen LogP contribution in [0.3, 0.4) is 0 Å². The average Bonchev–Trinajstić information content (AvgIpc) is 2.83. The first-order chi connectivity index (χ1) is 10.5. The van der Waals surface area contributed by atoms with E-state index in [0.717, 1.165) is 12.3 Å². The van der Waals surface area contributed by atoms with Gasteiger partial charge < -0.3 is 0 Å². The van der Waals surface area contributed by atoms with E-state index < -0.39 is 0 Å². The van der Waals surface area contributed by atoms with Crippen LogP contribution in [0, 0.1) is 40.9 Å². The van der Waals surface area contributed by atoms with E-state index in [0.29, 0.717) is 41.7 Å². The molecule has 4 saturated carbocycles. The molecular formula is C20H30O2. The first-order valence-electron chi connectivity index (χ1n) is 9.55. The van der Waals surface area contributed by atoms with Crippen molar-refractivity contribution in [3.8, 4) is 0 Å². The minimum atomic E-state index is -0.0222. The highest BCUT2D eigenvalue weighted by Gasteiger charge is 2.60. The molecule has 1 unspecified atom stereocenters. The summed E-state index contributed by atoms with van der Waals surface area (Å²) >= 11 is 0. The van der Waals surface area contributed by atoms with Gasteiger partial charge in [-0.3, -0.25) is 9.59 Å². The second-order valence-electron chi connectivity index (χ2n) is 8.97. The molecule has 2 heteroatoms. The summed E-state index contributed by atoms with van der Waals surface area (Å²) in [5, 5.41) is 0. The summed E-state index contributed by atoms with van der Waals surface area (Å²) < 4.78 is 0. The smallest absolute Gasteiger partial charge is 0.137 e. The molecule has 22 heavy (non-hydrogen) atoms. The van der Waals surface area contributed by atoms with Gasteiger partial charge in [-0.1, -0.05) is 26.2 Å². The zero-order valence-electron chi connectivity index (χ0n) is 14.1. The van der Waals surface area contributed by atoms with Gasteiger partial charge in [-0.25, -0.2) is 0 Å². The fourth-order valence-electron chi connectivity index (χ4n) is 7.28. The lowest BCUT2D eigenvalue weighted by molar-refractivity contribution is -0.148. The number of rotatable bonds is 1. The number of hydrogen-bond donors (Lipinski definition) is 0. The summed E-state index contributed by atoms with van der Waals surface area (Å²) in [5.74, 6) is 4.07.